The van der Waals surface area contributed by atoms with Crippen molar-refractivity contribution in [3.8, 4) is 12.3 Å². The predicted molar refractivity (Wildman–Crippen MR) is 31.6 cm³/mol. The SMILES string of the molecule is C#CC(S)=CC. The Kier molecular flexibility index (Phi) is 2.70. The number of allylic oxidation sites excluding steroid dienone is 2. The molecule has 0 fully saturated rings. The van der Waals surface area contributed by atoms with Crippen molar-refractivity contribution in [2.45, 2.75) is 6.92 Å². The molecule has 0 rings (SSSR count). The van der Waals surface area contributed by atoms with Crippen molar-refractivity contribution >= 4 is 12.6 Å². The molecule has 6 heavy (non-hydrogen) atoms. The van der Waals surface area contributed by atoms with E-state index in [9.17, 15) is 0 Å². The summed E-state index contributed by atoms with van der Waals surface area (Å²) in [7, 11) is 0. The van der Waals surface area contributed by atoms with Crippen molar-refractivity contribution in [2.75, 3.05) is 0 Å². The molecular formula is C5H6S. The first-order valence-electron chi connectivity index (χ1n) is 1.63. The molecule has 0 nitrogen and oxygen atoms in total. The normalized spacial score (nSPS) is 10.5. The van der Waals surface area contributed by atoms with Crippen LogP contribution in [0.3, 0.4) is 0 Å². The molecule has 0 aliphatic rings. The van der Waals surface area contributed by atoms with Gasteiger partial charge >= 0.3 is 0 Å². The average molecular weight is 98.2 g/mol. The summed E-state index contributed by atoms with van der Waals surface area (Å²) in [5.41, 5.74) is 0. The zero-order chi connectivity index (χ0) is 4.99. The van der Waals surface area contributed by atoms with Crippen LogP contribution in [0, 0.1) is 12.3 Å². The lowest BCUT2D eigenvalue weighted by Gasteiger charge is -1.73. The lowest BCUT2D eigenvalue weighted by Crippen LogP contribution is -1.53. The Balaban J connectivity index is 3.61. The molecule has 0 bridgehead atoms. The van der Waals surface area contributed by atoms with Gasteiger partial charge in [-0.3, -0.25) is 0 Å². The zero-order valence-corrected chi connectivity index (χ0v) is 4.50. The van der Waals surface area contributed by atoms with Crippen molar-refractivity contribution in [3.05, 3.63) is 11.0 Å². The third-order valence-electron chi connectivity index (χ3n) is 0.421. The minimum atomic E-state index is 0.690. The largest absolute Gasteiger partial charge is 0.135 e. The molecule has 0 saturated heterocycles. The lowest BCUT2D eigenvalue weighted by molar-refractivity contribution is 1.74. The zero-order valence-electron chi connectivity index (χ0n) is 3.60. The number of rotatable bonds is 0. The molecule has 1 heteroatoms. The Morgan fingerprint density at radius 2 is 2.50 bits per heavy atom. The molecule has 0 unspecified atom stereocenters. The Morgan fingerprint density at radius 3 is 2.50 bits per heavy atom. The van der Waals surface area contributed by atoms with Gasteiger partial charge < -0.3 is 0 Å². The highest BCUT2D eigenvalue weighted by molar-refractivity contribution is 7.84. The standard InChI is InChI=1S/C5H6S/c1-3-5(6)4-2/h1,4,6H,2H3. The van der Waals surface area contributed by atoms with E-state index >= 15 is 0 Å². The highest BCUT2D eigenvalue weighted by atomic mass is 32.1. The molecule has 0 aromatic carbocycles. The van der Waals surface area contributed by atoms with E-state index in [0.29, 0.717) is 4.91 Å². The van der Waals surface area contributed by atoms with Crippen molar-refractivity contribution in [2.24, 2.45) is 0 Å². The van der Waals surface area contributed by atoms with E-state index in [2.05, 4.69) is 18.5 Å². The van der Waals surface area contributed by atoms with E-state index in [-0.39, 0.29) is 0 Å². The van der Waals surface area contributed by atoms with Gasteiger partial charge in [0, 0.05) is 4.91 Å². The minimum Gasteiger partial charge on any atom is -0.135 e. The van der Waals surface area contributed by atoms with Gasteiger partial charge in [-0.05, 0) is 6.92 Å². The van der Waals surface area contributed by atoms with Crippen LogP contribution < -0.4 is 0 Å². The van der Waals surface area contributed by atoms with Gasteiger partial charge in [0.05, 0.1) is 0 Å². The summed E-state index contributed by atoms with van der Waals surface area (Å²) in [5.74, 6) is 2.34. The van der Waals surface area contributed by atoms with Crippen LogP contribution in [0.15, 0.2) is 11.0 Å². The second kappa shape index (κ2) is 2.87. The maximum Gasteiger partial charge on any atom is 0.0497 e. The highest BCUT2D eigenvalue weighted by Crippen LogP contribution is 1.93. The maximum absolute atomic E-state index is 4.89. The molecule has 0 amide bonds. The first-order valence-corrected chi connectivity index (χ1v) is 2.08. The molecule has 0 aliphatic carbocycles. The van der Waals surface area contributed by atoms with Crippen LogP contribution >= 0.6 is 12.6 Å². The minimum absolute atomic E-state index is 0.690. The summed E-state index contributed by atoms with van der Waals surface area (Å²) in [4.78, 5) is 0.690. The fourth-order valence-corrected chi connectivity index (χ4v) is 0.0833. The molecule has 32 valence electrons. The number of hydrogen-bond acceptors (Lipinski definition) is 1. The molecule has 0 radical (unpaired) electrons. The van der Waals surface area contributed by atoms with Gasteiger partial charge in [0.25, 0.3) is 0 Å². The van der Waals surface area contributed by atoms with E-state index in [0.717, 1.165) is 0 Å². The molecule has 0 aliphatic heterocycles. The summed E-state index contributed by atoms with van der Waals surface area (Å²) in [6.07, 6.45) is 6.65. The van der Waals surface area contributed by atoms with Crippen LogP contribution in [0.5, 0.6) is 0 Å². The monoisotopic (exact) mass is 98.0 g/mol. The van der Waals surface area contributed by atoms with Crippen LogP contribution in [-0.2, 0) is 0 Å². The smallest absolute Gasteiger partial charge is 0.0497 e. The van der Waals surface area contributed by atoms with Gasteiger partial charge in [-0.25, -0.2) is 0 Å². The number of terminal acetylenes is 1. The topological polar surface area (TPSA) is 0 Å². The molecule has 0 aromatic heterocycles. The van der Waals surface area contributed by atoms with Crippen LogP contribution in [0.2, 0.25) is 0 Å². The van der Waals surface area contributed by atoms with Gasteiger partial charge in [0.15, 0.2) is 0 Å². The highest BCUT2D eigenvalue weighted by Gasteiger charge is 1.68. The Labute approximate surface area is 43.7 Å². The second-order valence-corrected chi connectivity index (χ2v) is 1.30. The van der Waals surface area contributed by atoms with Gasteiger partial charge in [-0.15, -0.1) is 19.1 Å². The third kappa shape index (κ3) is 1.92. The van der Waals surface area contributed by atoms with Crippen molar-refractivity contribution in [3.63, 3.8) is 0 Å². The van der Waals surface area contributed by atoms with E-state index in [4.69, 9.17) is 6.42 Å². The quantitative estimate of drug-likeness (QED) is 0.344. The summed E-state index contributed by atoms with van der Waals surface area (Å²) < 4.78 is 0. The second-order valence-electron chi connectivity index (χ2n) is 0.818. The van der Waals surface area contributed by atoms with Crippen LogP contribution in [-0.4, -0.2) is 0 Å². The van der Waals surface area contributed by atoms with Crippen molar-refractivity contribution in [1.82, 2.24) is 0 Å². The lowest BCUT2D eigenvalue weighted by atomic mass is 10.5. The predicted octanol–water partition coefficient (Wildman–Crippen LogP) is 1.45. The van der Waals surface area contributed by atoms with Gasteiger partial charge in [-0.1, -0.05) is 12.0 Å². The third-order valence-corrected chi connectivity index (χ3v) is 0.809. The first kappa shape index (κ1) is 5.65. The van der Waals surface area contributed by atoms with Gasteiger partial charge in [-0.2, -0.15) is 0 Å². The Morgan fingerprint density at radius 1 is 2.00 bits per heavy atom. The molecule has 0 N–H and O–H groups in total. The summed E-state index contributed by atoms with van der Waals surface area (Å²) in [5, 5.41) is 0. The fourth-order valence-electron chi connectivity index (χ4n) is 0.0833. The van der Waals surface area contributed by atoms with Crippen molar-refractivity contribution in [1.29, 1.82) is 0 Å². The summed E-state index contributed by atoms with van der Waals surface area (Å²) >= 11 is 3.85. The Bertz CT molecular complexity index is 95.0. The molecule has 0 saturated carbocycles. The number of hydrogen-bond donors (Lipinski definition) is 1. The van der Waals surface area contributed by atoms with Crippen LogP contribution in [0.4, 0.5) is 0 Å². The van der Waals surface area contributed by atoms with E-state index in [1.54, 1.807) is 6.08 Å². The summed E-state index contributed by atoms with van der Waals surface area (Å²) in [6, 6.07) is 0. The van der Waals surface area contributed by atoms with E-state index in [1.807, 2.05) is 6.92 Å². The molecular weight excluding hydrogens is 92.1 g/mol. The summed E-state index contributed by atoms with van der Waals surface area (Å²) in [6.45, 7) is 1.85. The van der Waals surface area contributed by atoms with Crippen LogP contribution in [0.1, 0.15) is 6.92 Å². The molecule has 0 heterocycles. The molecule has 0 spiro atoms. The van der Waals surface area contributed by atoms with Crippen molar-refractivity contribution < 1.29 is 0 Å². The molecule has 0 atom stereocenters. The van der Waals surface area contributed by atoms with Gasteiger partial charge in [0.1, 0.15) is 0 Å². The molecule has 0 aromatic rings. The first-order chi connectivity index (χ1) is 2.81. The van der Waals surface area contributed by atoms with E-state index in [1.165, 1.54) is 0 Å². The average Bonchev–Trinajstić information content (AvgIpc) is 1.65. The Hall–Kier alpha value is -0.350. The number of thiol groups is 1. The van der Waals surface area contributed by atoms with E-state index < -0.39 is 0 Å². The van der Waals surface area contributed by atoms with Crippen LogP contribution in [0.25, 0.3) is 0 Å². The van der Waals surface area contributed by atoms with Gasteiger partial charge in [0.2, 0.25) is 0 Å². The fraction of sp³-hybridized carbons (Fsp3) is 0.200. The maximum atomic E-state index is 4.89.